The van der Waals surface area contributed by atoms with Gasteiger partial charge in [0.05, 0.1) is 12.0 Å². The van der Waals surface area contributed by atoms with Gasteiger partial charge in [0.1, 0.15) is 11.4 Å². The number of furan rings is 1. The van der Waals surface area contributed by atoms with E-state index >= 15 is 0 Å². The van der Waals surface area contributed by atoms with Crippen LogP contribution in [0.25, 0.3) is 11.6 Å². The highest BCUT2D eigenvalue weighted by molar-refractivity contribution is 7.99. The minimum atomic E-state index is -0.377. The van der Waals surface area contributed by atoms with Crippen molar-refractivity contribution in [3.63, 3.8) is 0 Å². The van der Waals surface area contributed by atoms with Gasteiger partial charge in [-0.15, -0.1) is 10.2 Å². The van der Waals surface area contributed by atoms with Crippen molar-refractivity contribution in [1.29, 1.82) is 0 Å². The van der Waals surface area contributed by atoms with Crippen LogP contribution >= 0.6 is 11.8 Å². The second kappa shape index (κ2) is 7.57. The largest absolute Gasteiger partial charge is 0.461 e. The lowest BCUT2D eigenvalue weighted by molar-refractivity contribution is 0.337. The van der Waals surface area contributed by atoms with Crippen molar-refractivity contribution >= 4 is 11.8 Å². The molecule has 0 aliphatic heterocycles. The third-order valence-corrected chi connectivity index (χ3v) is 5.64. The molecule has 0 spiro atoms. The van der Waals surface area contributed by atoms with Gasteiger partial charge < -0.3 is 4.42 Å². The van der Waals surface area contributed by atoms with Crippen LogP contribution < -0.4 is 0 Å². The predicted molar refractivity (Wildman–Crippen MR) is 95.3 cm³/mol. The van der Waals surface area contributed by atoms with Crippen LogP contribution in [0, 0.1) is 5.82 Å². The van der Waals surface area contributed by atoms with Crippen molar-refractivity contribution in [3.05, 3.63) is 36.2 Å². The fourth-order valence-electron chi connectivity index (χ4n) is 3.38. The zero-order valence-corrected chi connectivity index (χ0v) is 15.4. The van der Waals surface area contributed by atoms with E-state index in [1.165, 1.54) is 37.4 Å². The summed E-state index contributed by atoms with van der Waals surface area (Å²) in [5.74, 6) is 0.986. The Balaban J connectivity index is 1.74. The monoisotopic (exact) mass is 373 g/mol. The normalized spacial score (nSPS) is 15.5. The second-order valence-corrected chi connectivity index (χ2v) is 7.30. The van der Waals surface area contributed by atoms with Crippen molar-refractivity contribution < 1.29 is 8.81 Å². The van der Waals surface area contributed by atoms with Crippen molar-refractivity contribution in [2.45, 2.75) is 61.7 Å². The highest BCUT2D eigenvalue weighted by Gasteiger charge is 2.26. The lowest BCUT2D eigenvalue weighted by atomic mass is 9.95. The van der Waals surface area contributed by atoms with E-state index in [2.05, 4.69) is 24.7 Å². The highest BCUT2D eigenvalue weighted by atomic mass is 32.2. The van der Waals surface area contributed by atoms with Gasteiger partial charge in [0, 0.05) is 6.04 Å². The third-order valence-electron chi connectivity index (χ3n) is 4.70. The molecule has 3 aromatic rings. The number of aryl methyl sites for hydroxylation is 1. The molecule has 1 aliphatic carbocycles. The van der Waals surface area contributed by atoms with Gasteiger partial charge >= 0.3 is 0 Å². The first-order valence-electron chi connectivity index (χ1n) is 8.94. The fourth-order valence-corrected chi connectivity index (χ4v) is 4.28. The van der Waals surface area contributed by atoms with Gasteiger partial charge in [0.15, 0.2) is 16.7 Å². The van der Waals surface area contributed by atoms with E-state index in [0.717, 1.165) is 12.8 Å². The summed E-state index contributed by atoms with van der Waals surface area (Å²) in [6.07, 6.45) is 9.27. The van der Waals surface area contributed by atoms with Crippen LogP contribution in [-0.4, -0.2) is 24.7 Å². The van der Waals surface area contributed by atoms with Crippen LogP contribution in [0.15, 0.2) is 39.3 Å². The standard InChI is InChI=1S/C18H20FN5OS/c1-2-13-15(19)17(21-11-20-13)26-18-23-22-16(14-9-6-10-25-14)24(18)12-7-4-3-5-8-12/h6,9-12H,2-5,7-8H2,1H3. The Kier molecular flexibility index (Phi) is 5.01. The molecular weight excluding hydrogens is 353 g/mol. The molecule has 4 rings (SSSR count). The zero-order chi connectivity index (χ0) is 17.9. The number of hydrogen-bond donors (Lipinski definition) is 0. The number of nitrogens with zero attached hydrogens (tertiary/aromatic N) is 5. The summed E-state index contributed by atoms with van der Waals surface area (Å²) in [4.78, 5) is 8.11. The molecule has 0 radical (unpaired) electrons. The molecule has 0 amide bonds. The summed E-state index contributed by atoms with van der Waals surface area (Å²) < 4.78 is 22.2. The average molecular weight is 373 g/mol. The van der Waals surface area contributed by atoms with E-state index in [4.69, 9.17) is 4.42 Å². The molecule has 0 unspecified atom stereocenters. The first-order chi connectivity index (χ1) is 12.8. The van der Waals surface area contributed by atoms with Crippen LogP contribution in [0.2, 0.25) is 0 Å². The summed E-state index contributed by atoms with van der Waals surface area (Å²) in [5.41, 5.74) is 0.414. The minimum Gasteiger partial charge on any atom is -0.461 e. The van der Waals surface area contributed by atoms with E-state index in [-0.39, 0.29) is 16.9 Å². The van der Waals surface area contributed by atoms with Crippen molar-refractivity contribution in [1.82, 2.24) is 24.7 Å². The first-order valence-corrected chi connectivity index (χ1v) is 9.75. The lowest BCUT2D eigenvalue weighted by Crippen LogP contribution is -2.15. The molecule has 3 aromatic heterocycles. The molecular formula is C18H20FN5OS. The number of halogens is 1. The Bertz CT molecular complexity index is 874. The molecule has 26 heavy (non-hydrogen) atoms. The van der Waals surface area contributed by atoms with Crippen molar-refractivity contribution in [2.24, 2.45) is 0 Å². The molecule has 1 fully saturated rings. The topological polar surface area (TPSA) is 69.6 Å². The molecule has 8 heteroatoms. The summed E-state index contributed by atoms with van der Waals surface area (Å²) in [7, 11) is 0. The SMILES string of the molecule is CCc1ncnc(Sc2nnc(-c3ccco3)n2C2CCCCC2)c1F. The number of hydrogen-bond acceptors (Lipinski definition) is 6. The first kappa shape index (κ1) is 17.2. The molecule has 1 aliphatic rings. The minimum absolute atomic E-state index is 0.285. The van der Waals surface area contributed by atoms with Crippen LogP contribution in [-0.2, 0) is 6.42 Å². The van der Waals surface area contributed by atoms with Crippen LogP contribution in [0.3, 0.4) is 0 Å². The molecule has 3 heterocycles. The zero-order valence-electron chi connectivity index (χ0n) is 14.6. The van der Waals surface area contributed by atoms with Crippen LogP contribution in [0.4, 0.5) is 4.39 Å². The van der Waals surface area contributed by atoms with Gasteiger partial charge in [-0.1, -0.05) is 26.2 Å². The molecule has 0 aromatic carbocycles. The Hall–Kier alpha value is -2.22. The predicted octanol–water partition coefficient (Wildman–Crippen LogP) is 4.69. The van der Waals surface area contributed by atoms with Crippen molar-refractivity contribution in [2.75, 3.05) is 0 Å². The molecule has 1 saturated carbocycles. The summed E-state index contributed by atoms with van der Waals surface area (Å²) in [6.45, 7) is 1.87. The average Bonchev–Trinajstić information content (AvgIpc) is 3.34. The maximum atomic E-state index is 14.6. The summed E-state index contributed by atoms with van der Waals surface area (Å²) in [5, 5.41) is 9.59. The molecule has 0 saturated heterocycles. The van der Waals surface area contributed by atoms with E-state index < -0.39 is 0 Å². The molecule has 0 bridgehead atoms. The van der Waals surface area contributed by atoms with E-state index in [9.17, 15) is 4.39 Å². The number of aromatic nitrogens is 5. The van der Waals surface area contributed by atoms with Crippen LogP contribution in [0.5, 0.6) is 0 Å². The van der Waals surface area contributed by atoms with E-state index in [0.29, 0.717) is 28.9 Å². The van der Waals surface area contributed by atoms with E-state index in [1.54, 1.807) is 6.26 Å². The molecule has 136 valence electrons. The van der Waals surface area contributed by atoms with Gasteiger partial charge in [0.25, 0.3) is 0 Å². The maximum absolute atomic E-state index is 14.6. The van der Waals surface area contributed by atoms with Gasteiger partial charge in [0.2, 0.25) is 5.82 Å². The van der Waals surface area contributed by atoms with E-state index in [1.807, 2.05) is 19.1 Å². The van der Waals surface area contributed by atoms with Gasteiger partial charge in [-0.05, 0) is 43.2 Å². The van der Waals surface area contributed by atoms with Gasteiger partial charge in [-0.2, -0.15) is 0 Å². The molecule has 0 N–H and O–H groups in total. The van der Waals surface area contributed by atoms with Gasteiger partial charge in [-0.3, -0.25) is 4.57 Å². The smallest absolute Gasteiger partial charge is 0.200 e. The van der Waals surface area contributed by atoms with Crippen molar-refractivity contribution in [3.8, 4) is 11.6 Å². The summed E-state index contributed by atoms with van der Waals surface area (Å²) in [6, 6.07) is 4.00. The lowest BCUT2D eigenvalue weighted by Gasteiger charge is -2.25. The van der Waals surface area contributed by atoms with Crippen LogP contribution in [0.1, 0.15) is 50.8 Å². The molecule has 6 nitrogen and oxygen atoms in total. The fraction of sp³-hybridized carbons (Fsp3) is 0.444. The quantitative estimate of drug-likeness (QED) is 0.605. The Morgan fingerprint density at radius 1 is 1.23 bits per heavy atom. The Morgan fingerprint density at radius 3 is 2.81 bits per heavy atom. The number of rotatable bonds is 5. The third kappa shape index (κ3) is 3.25. The second-order valence-electron chi connectivity index (χ2n) is 6.34. The Labute approximate surface area is 155 Å². The Morgan fingerprint density at radius 2 is 2.08 bits per heavy atom. The highest BCUT2D eigenvalue weighted by Crippen LogP contribution is 2.37. The summed E-state index contributed by atoms with van der Waals surface area (Å²) >= 11 is 1.20. The maximum Gasteiger partial charge on any atom is 0.200 e. The molecule has 0 atom stereocenters. The van der Waals surface area contributed by atoms with Gasteiger partial charge in [-0.25, -0.2) is 14.4 Å².